The fourth-order valence-corrected chi connectivity index (χ4v) is 5.14. The summed E-state index contributed by atoms with van der Waals surface area (Å²) in [6.45, 7) is 1.12. The molecule has 6 N–H and O–H groups in total. The first-order chi connectivity index (χ1) is 14.9. The topological polar surface area (TPSA) is 113 Å². The number of benzene rings is 3. The lowest BCUT2D eigenvalue weighted by Crippen LogP contribution is -2.46. The average molecular weight is 484 g/mol. The maximum atomic E-state index is 12.0. The second kappa shape index (κ2) is 8.59. The molecule has 2 atom stereocenters. The Morgan fingerprint density at radius 1 is 1.06 bits per heavy atom. The number of nitrogens with two attached hydrogens (primary N) is 2. The predicted molar refractivity (Wildman–Crippen MR) is 126 cm³/mol. The van der Waals surface area contributed by atoms with Gasteiger partial charge in [0.2, 0.25) is 5.91 Å². The zero-order valence-electron chi connectivity index (χ0n) is 17.1. The van der Waals surface area contributed by atoms with Crippen LogP contribution in [0.4, 0.5) is 5.69 Å². The molecular weight excluding hydrogens is 458 g/mol. The molecule has 0 radical (unpaired) electrons. The largest absolute Gasteiger partial charge is 0.375 e. The van der Waals surface area contributed by atoms with Crippen LogP contribution in [0, 0.1) is 0 Å². The molecule has 0 spiro atoms. The number of aliphatic hydroxyl groups excluding tert-OH is 1. The number of carbonyl (C=O) groups is 1. The standard InChI is InChI=1S/C24H26BrN3O3/c25-19-13-17(22(27)29)14-20-21(19)24(31,23(30)28(20)11-5-1-4-10-26)18-9-8-15-6-2-3-7-16(15)12-18/h2-3,6-9,12-14,23,30-31H,1,4-5,10-11,26H2,(H2,27,29). The van der Waals surface area contributed by atoms with Gasteiger partial charge in [-0.2, -0.15) is 0 Å². The van der Waals surface area contributed by atoms with Crippen molar-refractivity contribution in [2.45, 2.75) is 31.1 Å². The summed E-state index contributed by atoms with van der Waals surface area (Å²) in [6.07, 6.45) is 1.36. The van der Waals surface area contributed by atoms with Gasteiger partial charge in [0.25, 0.3) is 0 Å². The molecule has 3 aromatic carbocycles. The minimum atomic E-state index is -1.68. The Hall–Kier alpha value is -2.45. The molecular formula is C24H26BrN3O3. The summed E-state index contributed by atoms with van der Waals surface area (Å²) in [5.74, 6) is -0.567. The van der Waals surface area contributed by atoms with Crippen LogP contribution in [0.15, 0.2) is 59.1 Å². The smallest absolute Gasteiger partial charge is 0.248 e. The van der Waals surface area contributed by atoms with Crippen molar-refractivity contribution in [1.29, 1.82) is 0 Å². The van der Waals surface area contributed by atoms with E-state index in [-0.39, 0.29) is 0 Å². The van der Waals surface area contributed by atoms with Gasteiger partial charge < -0.3 is 26.6 Å². The Balaban J connectivity index is 1.85. The van der Waals surface area contributed by atoms with Gasteiger partial charge in [-0.05, 0) is 53.9 Å². The van der Waals surface area contributed by atoms with Crippen LogP contribution in [-0.4, -0.2) is 35.4 Å². The zero-order chi connectivity index (χ0) is 22.2. The lowest BCUT2D eigenvalue weighted by Gasteiger charge is -2.32. The zero-order valence-corrected chi connectivity index (χ0v) is 18.7. The molecule has 1 heterocycles. The highest BCUT2D eigenvalue weighted by Gasteiger charge is 2.52. The van der Waals surface area contributed by atoms with E-state index in [1.807, 2.05) is 42.5 Å². The Morgan fingerprint density at radius 2 is 1.81 bits per heavy atom. The van der Waals surface area contributed by atoms with E-state index < -0.39 is 17.7 Å². The molecule has 31 heavy (non-hydrogen) atoms. The van der Waals surface area contributed by atoms with Gasteiger partial charge in [0.05, 0.1) is 0 Å². The average Bonchev–Trinajstić information content (AvgIpc) is 2.99. The molecule has 4 rings (SSSR count). The lowest BCUT2D eigenvalue weighted by molar-refractivity contribution is -0.0387. The first-order valence-corrected chi connectivity index (χ1v) is 11.2. The molecule has 2 unspecified atom stereocenters. The van der Waals surface area contributed by atoms with Crippen molar-refractivity contribution in [1.82, 2.24) is 0 Å². The van der Waals surface area contributed by atoms with E-state index in [4.69, 9.17) is 11.5 Å². The fraction of sp³-hybridized carbons (Fsp3) is 0.292. The van der Waals surface area contributed by atoms with Crippen molar-refractivity contribution in [3.8, 4) is 0 Å². The molecule has 1 aliphatic heterocycles. The summed E-state index contributed by atoms with van der Waals surface area (Å²) < 4.78 is 0.526. The molecule has 7 heteroatoms. The fourth-order valence-electron chi connectivity index (χ4n) is 4.39. The lowest BCUT2D eigenvalue weighted by atomic mass is 9.85. The van der Waals surface area contributed by atoms with E-state index >= 15 is 0 Å². The van der Waals surface area contributed by atoms with Crippen LogP contribution in [0.1, 0.15) is 40.7 Å². The van der Waals surface area contributed by atoms with Crippen LogP contribution < -0.4 is 16.4 Å². The Morgan fingerprint density at radius 3 is 2.52 bits per heavy atom. The van der Waals surface area contributed by atoms with Gasteiger partial charge in [-0.25, -0.2) is 0 Å². The second-order valence-electron chi connectivity index (χ2n) is 7.96. The Kier molecular flexibility index (Phi) is 6.03. The number of unbranched alkanes of at least 4 members (excludes halogenated alkanes) is 2. The van der Waals surface area contributed by atoms with Crippen molar-refractivity contribution in [2.24, 2.45) is 11.5 Å². The second-order valence-corrected chi connectivity index (χ2v) is 8.82. The Bertz CT molecular complexity index is 1140. The van der Waals surface area contributed by atoms with Crippen molar-refractivity contribution in [3.63, 3.8) is 0 Å². The normalized spacial score (nSPS) is 20.3. The van der Waals surface area contributed by atoms with Gasteiger partial charge in [-0.3, -0.25) is 4.79 Å². The molecule has 3 aromatic rings. The van der Waals surface area contributed by atoms with Gasteiger partial charge in [0.1, 0.15) is 0 Å². The third-order valence-corrected chi connectivity index (χ3v) is 6.63. The number of amides is 1. The van der Waals surface area contributed by atoms with E-state index in [2.05, 4.69) is 15.9 Å². The monoisotopic (exact) mass is 483 g/mol. The number of nitrogens with zero attached hydrogens (tertiary/aromatic N) is 1. The van der Waals surface area contributed by atoms with Crippen LogP contribution >= 0.6 is 15.9 Å². The molecule has 0 saturated carbocycles. The quantitative estimate of drug-likeness (QED) is 0.385. The summed E-state index contributed by atoms with van der Waals surface area (Å²) in [4.78, 5) is 13.6. The number of hydrogen-bond acceptors (Lipinski definition) is 5. The highest BCUT2D eigenvalue weighted by Crippen LogP contribution is 2.51. The van der Waals surface area contributed by atoms with Crippen molar-refractivity contribution in [3.05, 3.63) is 75.8 Å². The van der Waals surface area contributed by atoms with Gasteiger partial charge in [0.15, 0.2) is 11.8 Å². The highest BCUT2D eigenvalue weighted by atomic mass is 79.9. The summed E-state index contributed by atoms with van der Waals surface area (Å²) in [5.41, 5.74) is 11.5. The van der Waals surface area contributed by atoms with Gasteiger partial charge >= 0.3 is 0 Å². The third kappa shape index (κ3) is 3.72. The summed E-state index contributed by atoms with van der Waals surface area (Å²) >= 11 is 3.52. The van der Waals surface area contributed by atoms with E-state index in [9.17, 15) is 15.0 Å². The van der Waals surface area contributed by atoms with Crippen LogP contribution in [0.5, 0.6) is 0 Å². The SMILES string of the molecule is NCCCCCN1c2cc(C(N)=O)cc(Br)c2C(O)(c2ccc3ccccc3c2)C1O. The summed E-state index contributed by atoms with van der Waals surface area (Å²) in [7, 11) is 0. The summed E-state index contributed by atoms with van der Waals surface area (Å²) in [5, 5.41) is 25.4. The maximum Gasteiger partial charge on any atom is 0.248 e. The van der Waals surface area contributed by atoms with Crippen LogP contribution in [0.25, 0.3) is 10.8 Å². The number of aliphatic hydroxyl groups is 2. The van der Waals surface area contributed by atoms with E-state index in [0.717, 1.165) is 30.0 Å². The van der Waals surface area contributed by atoms with Gasteiger partial charge in [-0.15, -0.1) is 0 Å². The maximum absolute atomic E-state index is 12.0. The number of fused-ring (bicyclic) bond motifs is 2. The van der Waals surface area contributed by atoms with Crippen LogP contribution in [-0.2, 0) is 5.60 Å². The number of rotatable bonds is 7. The first-order valence-electron chi connectivity index (χ1n) is 10.4. The van der Waals surface area contributed by atoms with E-state index in [1.165, 1.54) is 0 Å². The van der Waals surface area contributed by atoms with Crippen LogP contribution in [0.2, 0.25) is 0 Å². The third-order valence-electron chi connectivity index (χ3n) is 6.01. The van der Waals surface area contributed by atoms with E-state index in [0.29, 0.717) is 39.9 Å². The molecule has 1 aliphatic rings. The molecule has 0 saturated heterocycles. The number of anilines is 1. The van der Waals surface area contributed by atoms with Crippen LogP contribution in [0.3, 0.4) is 0 Å². The molecule has 0 fully saturated rings. The minimum absolute atomic E-state index is 0.313. The highest BCUT2D eigenvalue weighted by molar-refractivity contribution is 9.10. The Labute approximate surface area is 189 Å². The van der Waals surface area contributed by atoms with Crippen molar-refractivity contribution < 1.29 is 15.0 Å². The molecule has 0 aliphatic carbocycles. The van der Waals surface area contributed by atoms with Gasteiger partial charge in [-0.1, -0.05) is 58.7 Å². The number of primary amides is 1. The first kappa shape index (κ1) is 21.8. The van der Waals surface area contributed by atoms with Crippen molar-refractivity contribution >= 4 is 38.3 Å². The van der Waals surface area contributed by atoms with Crippen molar-refractivity contribution in [2.75, 3.05) is 18.0 Å². The number of carbonyl (C=O) groups excluding carboxylic acids is 1. The molecule has 0 bridgehead atoms. The van der Waals surface area contributed by atoms with Gasteiger partial charge in [0, 0.05) is 27.8 Å². The van der Waals surface area contributed by atoms with E-state index in [1.54, 1.807) is 17.0 Å². The molecule has 1 amide bonds. The molecule has 0 aromatic heterocycles. The molecule has 162 valence electrons. The number of halogens is 1. The minimum Gasteiger partial charge on any atom is -0.375 e. The summed E-state index contributed by atoms with van der Waals surface area (Å²) in [6, 6.07) is 16.8. The number of hydrogen-bond donors (Lipinski definition) is 4. The predicted octanol–water partition coefficient (Wildman–Crippen LogP) is 3.20. The molecule has 6 nitrogen and oxygen atoms in total.